The predicted octanol–water partition coefficient (Wildman–Crippen LogP) is 3.47. The van der Waals surface area contributed by atoms with Gasteiger partial charge < -0.3 is 9.47 Å². The summed E-state index contributed by atoms with van der Waals surface area (Å²) in [5, 5.41) is 0. The quantitative estimate of drug-likeness (QED) is 0.762. The van der Waals surface area contributed by atoms with E-state index in [1.165, 1.54) is 19.3 Å². The number of rotatable bonds is 5. The van der Waals surface area contributed by atoms with Gasteiger partial charge in [-0.3, -0.25) is 4.79 Å². The van der Waals surface area contributed by atoms with Gasteiger partial charge in [-0.15, -0.1) is 0 Å². The van der Waals surface area contributed by atoms with E-state index in [1.54, 1.807) is 19.2 Å². The molecule has 2 unspecified atom stereocenters. The first-order valence-electron chi connectivity index (χ1n) is 7.00. The highest BCUT2D eigenvalue weighted by atomic mass is 16.5. The standard InChI is InChI=1S/C16H22O3/c1-12-7-3-5-9-15(12)19-11-14(17)13-8-4-6-10-16(13)18-2/h4,6,8,10,12,15H,3,5,7,9,11H2,1-2H3. The summed E-state index contributed by atoms with van der Waals surface area (Å²) in [6.45, 7) is 2.35. The molecule has 0 bridgehead atoms. The number of carbonyl (C=O) groups excluding carboxylic acids is 1. The first-order valence-corrected chi connectivity index (χ1v) is 7.00. The lowest BCUT2D eigenvalue weighted by Gasteiger charge is -2.28. The Kier molecular flexibility index (Phi) is 4.97. The lowest BCUT2D eigenvalue weighted by Crippen LogP contribution is -2.28. The van der Waals surface area contributed by atoms with Crippen LogP contribution in [0.1, 0.15) is 43.0 Å². The zero-order valence-electron chi connectivity index (χ0n) is 11.7. The summed E-state index contributed by atoms with van der Waals surface area (Å²) >= 11 is 0. The van der Waals surface area contributed by atoms with Crippen molar-refractivity contribution in [3.63, 3.8) is 0 Å². The number of Topliss-reactive ketones (excluding diaryl/α,β-unsaturated/α-hetero) is 1. The number of ketones is 1. The molecule has 19 heavy (non-hydrogen) atoms. The molecule has 3 heteroatoms. The van der Waals surface area contributed by atoms with E-state index in [-0.39, 0.29) is 18.5 Å². The molecule has 1 aromatic rings. The molecule has 104 valence electrons. The SMILES string of the molecule is COc1ccccc1C(=O)COC1CCCCC1C. The van der Waals surface area contributed by atoms with Crippen molar-refractivity contribution in [1.82, 2.24) is 0 Å². The van der Waals surface area contributed by atoms with Gasteiger partial charge in [0.05, 0.1) is 18.8 Å². The first-order chi connectivity index (χ1) is 9.22. The minimum Gasteiger partial charge on any atom is -0.496 e. The van der Waals surface area contributed by atoms with Crippen molar-refractivity contribution in [2.75, 3.05) is 13.7 Å². The predicted molar refractivity (Wildman–Crippen MR) is 74.7 cm³/mol. The second kappa shape index (κ2) is 6.71. The van der Waals surface area contributed by atoms with Gasteiger partial charge in [-0.1, -0.05) is 31.9 Å². The third-order valence-electron chi connectivity index (χ3n) is 3.87. The molecule has 0 heterocycles. The summed E-state index contributed by atoms with van der Waals surface area (Å²) in [6.07, 6.45) is 4.99. The number of ether oxygens (including phenoxy) is 2. The molecule has 0 N–H and O–H groups in total. The van der Waals surface area contributed by atoms with Gasteiger partial charge >= 0.3 is 0 Å². The van der Waals surface area contributed by atoms with Crippen molar-refractivity contribution in [1.29, 1.82) is 0 Å². The van der Waals surface area contributed by atoms with Crippen LogP contribution in [0.15, 0.2) is 24.3 Å². The van der Waals surface area contributed by atoms with Crippen molar-refractivity contribution < 1.29 is 14.3 Å². The topological polar surface area (TPSA) is 35.5 Å². The fourth-order valence-electron chi connectivity index (χ4n) is 2.67. The summed E-state index contributed by atoms with van der Waals surface area (Å²) in [5.41, 5.74) is 0.605. The molecular formula is C16H22O3. The van der Waals surface area contributed by atoms with E-state index in [1.807, 2.05) is 12.1 Å². The van der Waals surface area contributed by atoms with Crippen LogP contribution in [0.5, 0.6) is 5.75 Å². The lowest BCUT2D eigenvalue weighted by atomic mass is 9.88. The molecule has 0 radical (unpaired) electrons. The Morgan fingerprint density at radius 3 is 2.74 bits per heavy atom. The van der Waals surface area contributed by atoms with Gasteiger partial charge in [0.25, 0.3) is 0 Å². The average molecular weight is 262 g/mol. The molecule has 0 saturated heterocycles. The van der Waals surface area contributed by atoms with E-state index in [4.69, 9.17) is 9.47 Å². The Hall–Kier alpha value is -1.35. The number of carbonyl (C=O) groups is 1. The molecule has 0 amide bonds. The smallest absolute Gasteiger partial charge is 0.192 e. The summed E-state index contributed by atoms with van der Waals surface area (Å²) in [5.74, 6) is 1.17. The van der Waals surface area contributed by atoms with Crippen molar-refractivity contribution in [2.24, 2.45) is 5.92 Å². The zero-order chi connectivity index (χ0) is 13.7. The van der Waals surface area contributed by atoms with Crippen LogP contribution in [-0.2, 0) is 4.74 Å². The summed E-state index contributed by atoms with van der Waals surface area (Å²) in [4.78, 5) is 12.2. The molecule has 1 aliphatic rings. The third kappa shape index (κ3) is 3.57. The van der Waals surface area contributed by atoms with Gasteiger partial charge in [-0.25, -0.2) is 0 Å². The maximum absolute atomic E-state index is 12.2. The molecule has 2 rings (SSSR count). The number of methoxy groups -OCH3 is 1. The van der Waals surface area contributed by atoms with Gasteiger partial charge in [0.2, 0.25) is 0 Å². The lowest BCUT2D eigenvalue weighted by molar-refractivity contribution is 0.000665. The molecule has 3 nitrogen and oxygen atoms in total. The van der Waals surface area contributed by atoms with Crippen LogP contribution in [-0.4, -0.2) is 25.6 Å². The second-order valence-corrected chi connectivity index (χ2v) is 5.23. The zero-order valence-corrected chi connectivity index (χ0v) is 11.7. The van der Waals surface area contributed by atoms with Crippen molar-refractivity contribution in [3.05, 3.63) is 29.8 Å². The van der Waals surface area contributed by atoms with E-state index in [0.717, 1.165) is 6.42 Å². The average Bonchev–Trinajstić information content (AvgIpc) is 2.46. The Bertz CT molecular complexity index is 428. The maximum atomic E-state index is 12.2. The minimum absolute atomic E-state index is 0.00442. The van der Waals surface area contributed by atoms with E-state index in [2.05, 4.69) is 6.92 Å². The summed E-state index contributed by atoms with van der Waals surface area (Å²) in [7, 11) is 1.58. The number of hydrogen-bond acceptors (Lipinski definition) is 3. The fourth-order valence-corrected chi connectivity index (χ4v) is 2.67. The number of benzene rings is 1. The Morgan fingerprint density at radius 1 is 1.26 bits per heavy atom. The Morgan fingerprint density at radius 2 is 2.00 bits per heavy atom. The fraction of sp³-hybridized carbons (Fsp3) is 0.562. The van der Waals surface area contributed by atoms with Crippen LogP contribution in [0.3, 0.4) is 0 Å². The molecule has 0 spiro atoms. The van der Waals surface area contributed by atoms with Crippen LogP contribution in [0.4, 0.5) is 0 Å². The molecule has 1 aliphatic carbocycles. The number of para-hydroxylation sites is 1. The van der Waals surface area contributed by atoms with Crippen molar-refractivity contribution in [2.45, 2.75) is 38.7 Å². The summed E-state index contributed by atoms with van der Waals surface area (Å²) in [6, 6.07) is 7.30. The highest BCUT2D eigenvalue weighted by molar-refractivity contribution is 5.99. The largest absolute Gasteiger partial charge is 0.496 e. The van der Waals surface area contributed by atoms with E-state index in [9.17, 15) is 4.79 Å². The third-order valence-corrected chi connectivity index (χ3v) is 3.87. The number of hydrogen-bond donors (Lipinski definition) is 0. The van der Waals surface area contributed by atoms with Crippen molar-refractivity contribution >= 4 is 5.78 Å². The molecule has 1 fully saturated rings. The van der Waals surface area contributed by atoms with Crippen LogP contribution < -0.4 is 4.74 Å². The Balaban J connectivity index is 1.93. The molecule has 0 aliphatic heterocycles. The highest BCUT2D eigenvalue weighted by Gasteiger charge is 2.23. The van der Waals surface area contributed by atoms with Gasteiger partial charge in [0.15, 0.2) is 5.78 Å². The Labute approximate surface area is 114 Å². The highest BCUT2D eigenvalue weighted by Crippen LogP contribution is 2.26. The summed E-state index contributed by atoms with van der Waals surface area (Å²) < 4.78 is 11.0. The van der Waals surface area contributed by atoms with Crippen LogP contribution in [0.2, 0.25) is 0 Å². The van der Waals surface area contributed by atoms with Gasteiger partial charge in [0, 0.05) is 0 Å². The van der Waals surface area contributed by atoms with Gasteiger partial charge in [0.1, 0.15) is 12.4 Å². The molecule has 1 aromatic carbocycles. The minimum atomic E-state index is -0.00442. The normalized spacial score (nSPS) is 23.1. The van der Waals surface area contributed by atoms with E-state index >= 15 is 0 Å². The molecule has 2 atom stereocenters. The van der Waals surface area contributed by atoms with Gasteiger partial charge in [-0.05, 0) is 30.9 Å². The molecular weight excluding hydrogens is 240 g/mol. The maximum Gasteiger partial charge on any atom is 0.192 e. The van der Waals surface area contributed by atoms with Crippen LogP contribution in [0, 0.1) is 5.92 Å². The first kappa shape index (κ1) is 14.1. The monoisotopic (exact) mass is 262 g/mol. The second-order valence-electron chi connectivity index (χ2n) is 5.23. The molecule has 1 saturated carbocycles. The van der Waals surface area contributed by atoms with Crippen LogP contribution in [0.25, 0.3) is 0 Å². The molecule has 0 aromatic heterocycles. The van der Waals surface area contributed by atoms with Crippen LogP contribution >= 0.6 is 0 Å². The van der Waals surface area contributed by atoms with E-state index < -0.39 is 0 Å². The van der Waals surface area contributed by atoms with E-state index in [0.29, 0.717) is 17.2 Å². The van der Waals surface area contributed by atoms with Gasteiger partial charge in [-0.2, -0.15) is 0 Å². The van der Waals surface area contributed by atoms with Crippen molar-refractivity contribution in [3.8, 4) is 5.75 Å².